The third kappa shape index (κ3) is 7.12. The molecule has 1 heterocycles. The molecule has 3 aromatic rings. The van der Waals surface area contributed by atoms with Gasteiger partial charge in [0.1, 0.15) is 17.3 Å². The number of amidine groups is 1. The van der Waals surface area contributed by atoms with E-state index in [1.54, 1.807) is 18.2 Å². The fraction of sp³-hybridized carbons (Fsp3) is 0.286. The van der Waals surface area contributed by atoms with Crippen LogP contribution in [0.1, 0.15) is 63.1 Å². The van der Waals surface area contributed by atoms with Gasteiger partial charge >= 0.3 is 0 Å². The average Bonchev–Trinajstić information content (AvgIpc) is 3.29. The summed E-state index contributed by atoms with van der Waals surface area (Å²) in [6.45, 7) is 12.2. The standard InChI is InChI=1S/C28H33N3O3S.ClH/c1-27(2,3)19-14-17(15-20(25(19)34)28(4,5)6)9-12-24(33)31-21-16-18(10-11-22(21)32)30-26(29)23-8-7-13-35-23;/h7-16,32,34H,1-6H3,(H2,29,30)(H,31,33);1H/b12-9+;. The number of carbonyl (C=O) groups is 1. The van der Waals surface area contributed by atoms with Gasteiger partial charge < -0.3 is 21.3 Å². The molecule has 1 aromatic heterocycles. The second-order valence-corrected chi connectivity index (χ2v) is 11.4. The molecular weight excluding hydrogens is 494 g/mol. The number of nitrogens with two attached hydrogens (primary N) is 1. The van der Waals surface area contributed by atoms with Gasteiger partial charge in [0.2, 0.25) is 5.91 Å². The second kappa shape index (κ2) is 11.2. The molecule has 0 bridgehead atoms. The van der Waals surface area contributed by atoms with E-state index in [0.29, 0.717) is 11.5 Å². The van der Waals surface area contributed by atoms with E-state index < -0.39 is 5.91 Å². The van der Waals surface area contributed by atoms with Crippen molar-refractivity contribution < 1.29 is 15.0 Å². The topological polar surface area (TPSA) is 108 Å². The van der Waals surface area contributed by atoms with Gasteiger partial charge in [-0.3, -0.25) is 4.79 Å². The molecule has 0 atom stereocenters. The minimum absolute atomic E-state index is 0. The summed E-state index contributed by atoms with van der Waals surface area (Å²) in [6, 6.07) is 12.2. The quantitative estimate of drug-likeness (QED) is 0.126. The van der Waals surface area contributed by atoms with Crippen molar-refractivity contribution in [3.63, 3.8) is 0 Å². The summed E-state index contributed by atoms with van der Waals surface area (Å²) in [6.07, 6.45) is 3.10. The van der Waals surface area contributed by atoms with Crippen molar-refractivity contribution in [2.45, 2.75) is 52.4 Å². The van der Waals surface area contributed by atoms with Crippen molar-refractivity contribution in [2.24, 2.45) is 10.7 Å². The molecule has 0 aliphatic rings. The zero-order valence-corrected chi connectivity index (χ0v) is 23.1. The number of hydrogen-bond donors (Lipinski definition) is 4. The van der Waals surface area contributed by atoms with Crippen molar-refractivity contribution in [1.29, 1.82) is 0 Å². The number of anilines is 1. The molecule has 0 saturated heterocycles. The molecule has 192 valence electrons. The second-order valence-electron chi connectivity index (χ2n) is 10.5. The van der Waals surface area contributed by atoms with Crippen molar-refractivity contribution in [2.75, 3.05) is 5.32 Å². The van der Waals surface area contributed by atoms with E-state index >= 15 is 0 Å². The van der Waals surface area contributed by atoms with Crippen molar-refractivity contribution in [1.82, 2.24) is 0 Å². The molecule has 3 rings (SSSR count). The summed E-state index contributed by atoms with van der Waals surface area (Å²) in [5, 5.41) is 25.7. The highest BCUT2D eigenvalue weighted by Crippen LogP contribution is 2.40. The number of nitrogens with zero attached hydrogens (tertiary/aromatic N) is 1. The number of hydrogen-bond acceptors (Lipinski definition) is 5. The van der Waals surface area contributed by atoms with Crippen LogP contribution in [-0.4, -0.2) is 22.0 Å². The Balaban J connectivity index is 0.00000456. The largest absolute Gasteiger partial charge is 0.507 e. The molecule has 0 spiro atoms. The molecule has 0 aliphatic carbocycles. The van der Waals surface area contributed by atoms with Crippen LogP contribution >= 0.6 is 23.7 Å². The monoisotopic (exact) mass is 527 g/mol. The highest BCUT2D eigenvalue weighted by molar-refractivity contribution is 7.12. The van der Waals surface area contributed by atoms with E-state index in [1.807, 2.05) is 71.2 Å². The van der Waals surface area contributed by atoms with Crippen LogP contribution in [-0.2, 0) is 15.6 Å². The third-order valence-electron chi connectivity index (χ3n) is 5.44. The van der Waals surface area contributed by atoms with Crippen LogP contribution in [0.2, 0.25) is 0 Å². The Morgan fingerprint density at radius 1 is 1.00 bits per heavy atom. The molecule has 0 fully saturated rings. The lowest BCUT2D eigenvalue weighted by atomic mass is 9.78. The summed E-state index contributed by atoms with van der Waals surface area (Å²) >= 11 is 1.48. The van der Waals surface area contributed by atoms with E-state index in [0.717, 1.165) is 21.6 Å². The Morgan fingerprint density at radius 3 is 2.14 bits per heavy atom. The maximum Gasteiger partial charge on any atom is 0.248 e. The first-order valence-electron chi connectivity index (χ1n) is 11.3. The number of nitrogens with one attached hydrogen (secondary N) is 1. The molecular formula is C28H34ClN3O3S. The molecule has 6 nitrogen and oxygen atoms in total. The van der Waals surface area contributed by atoms with Crippen molar-refractivity contribution >= 4 is 52.9 Å². The lowest BCUT2D eigenvalue weighted by Gasteiger charge is -2.27. The Labute approximate surface area is 223 Å². The van der Waals surface area contributed by atoms with E-state index in [4.69, 9.17) is 5.73 Å². The first-order chi connectivity index (χ1) is 16.3. The normalized spacial score (nSPS) is 12.4. The highest BCUT2D eigenvalue weighted by Gasteiger charge is 2.26. The van der Waals surface area contributed by atoms with Gasteiger partial charge in [-0.25, -0.2) is 4.99 Å². The Morgan fingerprint density at radius 2 is 1.61 bits per heavy atom. The fourth-order valence-corrected chi connectivity index (χ4v) is 4.18. The summed E-state index contributed by atoms with van der Waals surface area (Å²) < 4.78 is 0. The van der Waals surface area contributed by atoms with Crippen LogP contribution in [0.4, 0.5) is 11.4 Å². The number of thiophene rings is 1. The van der Waals surface area contributed by atoms with Gasteiger partial charge in [-0.2, -0.15) is 0 Å². The van der Waals surface area contributed by atoms with Crippen LogP contribution in [0.15, 0.2) is 58.9 Å². The van der Waals surface area contributed by atoms with Crippen molar-refractivity contribution in [3.8, 4) is 11.5 Å². The predicted molar refractivity (Wildman–Crippen MR) is 153 cm³/mol. The van der Waals surface area contributed by atoms with Crippen molar-refractivity contribution in [3.05, 3.63) is 75.5 Å². The first kappa shape index (κ1) is 28.9. The number of rotatable bonds is 5. The lowest BCUT2D eigenvalue weighted by molar-refractivity contribution is -0.111. The first-order valence-corrected chi connectivity index (χ1v) is 12.2. The minimum atomic E-state index is -0.407. The SMILES string of the molecule is CC(C)(C)c1cc(/C=C/C(=O)Nc2cc(N=C(N)c3cccs3)ccc2O)cc(C(C)(C)C)c1O.Cl. The fourth-order valence-electron chi connectivity index (χ4n) is 3.55. The van der Waals surface area contributed by atoms with E-state index in [2.05, 4.69) is 10.3 Å². The molecule has 36 heavy (non-hydrogen) atoms. The summed E-state index contributed by atoms with van der Waals surface area (Å²) in [5.74, 6) is 0.167. The lowest BCUT2D eigenvalue weighted by Crippen LogP contribution is -2.17. The number of benzene rings is 2. The Kier molecular flexibility index (Phi) is 8.99. The van der Waals surface area contributed by atoms with E-state index in [1.165, 1.54) is 23.5 Å². The van der Waals surface area contributed by atoms with E-state index in [-0.39, 0.29) is 40.4 Å². The van der Waals surface area contributed by atoms with Crippen LogP contribution in [0.25, 0.3) is 6.08 Å². The van der Waals surface area contributed by atoms with E-state index in [9.17, 15) is 15.0 Å². The maximum atomic E-state index is 12.7. The summed E-state index contributed by atoms with van der Waals surface area (Å²) in [4.78, 5) is 17.9. The Hall–Kier alpha value is -3.29. The minimum Gasteiger partial charge on any atom is -0.507 e. The van der Waals surface area contributed by atoms with Crippen LogP contribution in [0.3, 0.4) is 0 Å². The van der Waals surface area contributed by atoms with Crippen LogP contribution in [0, 0.1) is 0 Å². The van der Waals surface area contributed by atoms with Crippen LogP contribution < -0.4 is 11.1 Å². The average molecular weight is 528 g/mol. The molecule has 0 saturated carbocycles. The van der Waals surface area contributed by atoms with Gasteiger partial charge in [-0.15, -0.1) is 23.7 Å². The van der Waals surface area contributed by atoms with Crippen LogP contribution in [0.5, 0.6) is 11.5 Å². The predicted octanol–water partition coefficient (Wildman–Crippen LogP) is 6.87. The highest BCUT2D eigenvalue weighted by atomic mass is 35.5. The molecule has 0 unspecified atom stereocenters. The van der Waals surface area contributed by atoms with Gasteiger partial charge in [0.15, 0.2) is 0 Å². The maximum absolute atomic E-state index is 12.7. The molecule has 8 heteroatoms. The van der Waals surface area contributed by atoms with Gasteiger partial charge in [-0.05, 0) is 64.2 Å². The number of carbonyl (C=O) groups excluding carboxylic acids is 1. The molecule has 2 aromatic carbocycles. The molecule has 1 amide bonds. The van der Waals surface area contributed by atoms with Gasteiger partial charge in [-0.1, -0.05) is 47.6 Å². The number of phenols is 2. The van der Waals surface area contributed by atoms with Gasteiger partial charge in [0, 0.05) is 17.2 Å². The zero-order chi connectivity index (χ0) is 26.0. The number of aliphatic imine (C=N–C) groups is 1. The summed E-state index contributed by atoms with van der Waals surface area (Å²) in [7, 11) is 0. The smallest absolute Gasteiger partial charge is 0.248 e. The molecule has 0 aliphatic heterocycles. The number of phenolic OH excluding ortho intramolecular Hbond substituents is 2. The van der Waals surface area contributed by atoms with Gasteiger partial charge in [0.05, 0.1) is 16.3 Å². The number of halogens is 1. The summed E-state index contributed by atoms with van der Waals surface area (Å²) in [5.41, 5.74) is 8.69. The number of aromatic hydroxyl groups is 2. The molecule has 5 N–H and O–H groups in total. The molecule has 0 radical (unpaired) electrons. The zero-order valence-electron chi connectivity index (χ0n) is 21.4. The Bertz CT molecular complexity index is 1250. The van der Waals surface area contributed by atoms with Gasteiger partial charge in [0.25, 0.3) is 0 Å². The number of amides is 1. The third-order valence-corrected chi connectivity index (χ3v) is 6.33.